The smallest absolute Gasteiger partial charge is 0.0695 e. The van der Waals surface area contributed by atoms with E-state index in [1.807, 2.05) is 36.1 Å². The molecule has 0 fully saturated rings. The molecule has 2 rings (SSSR count). The van der Waals surface area contributed by atoms with E-state index in [0.717, 1.165) is 33.7 Å². The van der Waals surface area contributed by atoms with E-state index >= 15 is 0 Å². The molecule has 0 radical (unpaired) electrons. The van der Waals surface area contributed by atoms with Gasteiger partial charge >= 0.3 is 0 Å². The second-order valence-corrected chi connectivity index (χ2v) is 5.67. The van der Waals surface area contributed by atoms with Crippen molar-refractivity contribution < 1.29 is 0 Å². The van der Waals surface area contributed by atoms with Gasteiger partial charge in [0, 0.05) is 12.1 Å². The summed E-state index contributed by atoms with van der Waals surface area (Å²) in [5.74, 6) is 0. The molecule has 1 atom stereocenters. The minimum atomic E-state index is 0.187. The molecule has 0 aliphatic heterocycles. The van der Waals surface area contributed by atoms with Crippen molar-refractivity contribution in [1.29, 1.82) is 0 Å². The van der Waals surface area contributed by atoms with E-state index in [4.69, 9.17) is 11.6 Å². The van der Waals surface area contributed by atoms with Crippen LogP contribution in [-0.4, -0.2) is 16.3 Å². The average Bonchev–Trinajstić information content (AvgIpc) is 2.71. The van der Waals surface area contributed by atoms with Crippen molar-refractivity contribution in [3.63, 3.8) is 0 Å². The van der Waals surface area contributed by atoms with E-state index in [2.05, 4.69) is 39.3 Å². The Hall–Kier alpha value is -0.840. The van der Waals surface area contributed by atoms with Gasteiger partial charge in [-0.2, -0.15) is 5.10 Å². The van der Waals surface area contributed by atoms with Gasteiger partial charge in [0.1, 0.15) is 0 Å². The Morgan fingerprint density at radius 1 is 1.42 bits per heavy atom. The molecular weight excluding hydrogens is 326 g/mol. The molecular formula is C14H17BrClN3. The van der Waals surface area contributed by atoms with E-state index in [1.54, 1.807) is 0 Å². The monoisotopic (exact) mass is 341 g/mol. The highest BCUT2D eigenvalue weighted by atomic mass is 79.9. The highest BCUT2D eigenvalue weighted by Crippen LogP contribution is 2.27. The van der Waals surface area contributed by atoms with Crippen LogP contribution in [0.25, 0.3) is 0 Å². The van der Waals surface area contributed by atoms with Crippen molar-refractivity contribution in [1.82, 2.24) is 15.1 Å². The molecule has 2 aromatic rings. The lowest BCUT2D eigenvalue weighted by atomic mass is 10.0. The molecule has 19 heavy (non-hydrogen) atoms. The van der Waals surface area contributed by atoms with Crippen LogP contribution in [0.1, 0.15) is 24.2 Å². The lowest BCUT2D eigenvalue weighted by Gasteiger charge is -2.19. The number of rotatable bonds is 5. The Balaban J connectivity index is 2.29. The first-order valence-corrected chi connectivity index (χ1v) is 7.44. The van der Waals surface area contributed by atoms with Gasteiger partial charge in [0.05, 0.1) is 22.4 Å². The molecule has 5 heteroatoms. The second kappa shape index (κ2) is 6.55. The minimum absolute atomic E-state index is 0.187. The topological polar surface area (TPSA) is 29.9 Å². The summed E-state index contributed by atoms with van der Waals surface area (Å²) in [4.78, 5) is 0. The minimum Gasteiger partial charge on any atom is -0.309 e. The van der Waals surface area contributed by atoms with E-state index in [0.29, 0.717) is 0 Å². The van der Waals surface area contributed by atoms with Gasteiger partial charge in [0.15, 0.2) is 0 Å². The molecule has 1 aromatic heterocycles. The Labute approximate surface area is 127 Å². The van der Waals surface area contributed by atoms with E-state index in [-0.39, 0.29) is 6.04 Å². The molecule has 0 aliphatic carbocycles. The molecule has 0 aliphatic rings. The zero-order chi connectivity index (χ0) is 13.8. The summed E-state index contributed by atoms with van der Waals surface area (Å²) in [5.41, 5.74) is 2.28. The quantitative estimate of drug-likeness (QED) is 0.897. The van der Waals surface area contributed by atoms with E-state index < -0.39 is 0 Å². The predicted molar refractivity (Wildman–Crippen MR) is 82.5 cm³/mol. The third-order valence-corrected chi connectivity index (χ3v) is 4.08. The number of likely N-dealkylation sites (N-methyl/N-ethyl adjacent to an activating group) is 1. The van der Waals surface area contributed by atoms with Gasteiger partial charge < -0.3 is 5.32 Å². The van der Waals surface area contributed by atoms with Gasteiger partial charge in [0.2, 0.25) is 0 Å². The number of halogens is 2. The van der Waals surface area contributed by atoms with Crippen LogP contribution in [0.15, 0.2) is 34.9 Å². The fourth-order valence-electron chi connectivity index (χ4n) is 2.21. The summed E-state index contributed by atoms with van der Waals surface area (Å²) < 4.78 is 2.92. The molecule has 0 spiro atoms. The third kappa shape index (κ3) is 3.38. The van der Waals surface area contributed by atoms with Gasteiger partial charge in [-0.1, -0.05) is 36.7 Å². The first kappa shape index (κ1) is 14.6. The molecule has 1 unspecified atom stereocenters. The molecule has 1 aromatic carbocycles. The number of benzene rings is 1. The zero-order valence-corrected chi connectivity index (χ0v) is 13.4. The number of nitrogens with one attached hydrogen (secondary N) is 1. The van der Waals surface area contributed by atoms with Crippen molar-refractivity contribution in [2.75, 3.05) is 6.54 Å². The van der Waals surface area contributed by atoms with Crippen molar-refractivity contribution in [3.8, 4) is 0 Å². The molecule has 3 nitrogen and oxygen atoms in total. The Morgan fingerprint density at radius 2 is 2.16 bits per heavy atom. The number of hydrogen-bond acceptors (Lipinski definition) is 2. The maximum absolute atomic E-state index is 6.25. The maximum atomic E-state index is 6.25. The summed E-state index contributed by atoms with van der Waals surface area (Å²) in [6.07, 6.45) is 2.66. The van der Waals surface area contributed by atoms with Crippen LogP contribution in [-0.2, 0) is 13.5 Å². The van der Waals surface area contributed by atoms with Gasteiger partial charge in [-0.05, 0) is 40.5 Å². The number of nitrogens with zero attached hydrogens (tertiary/aromatic N) is 2. The third-order valence-electron chi connectivity index (χ3n) is 3.10. The summed E-state index contributed by atoms with van der Waals surface area (Å²) in [6, 6.07) is 8.15. The van der Waals surface area contributed by atoms with E-state index in [1.165, 1.54) is 0 Å². The zero-order valence-electron chi connectivity index (χ0n) is 11.0. The number of hydrogen-bond donors (Lipinski definition) is 1. The van der Waals surface area contributed by atoms with Crippen LogP contribution < -0.4 is 5.32 Å². The standard InChI is InChI=1S/C14H17BrClN3/c1-3-17-13(14-11(15)9-18-19(14)2)8-10-6-4-5-7-12(10)16/h4-7,9,13,17H,3,8H2,1-2H3. The van der Waals surface area contributed by atoms with E-state index in [9.17, 15) is 0 Å². The van der Waals surface area contributed by atoms with Crippen LogP contribution in [0.5, 0.6) is 0 Å². The molecule has 1 heterocycles. The fraction of sp³-hybridized carbons (Fsp3) is 0.357. The highest BCUT2D eigenvalue weighted by molar-refractivity contribution is 9.10. The van der Waals surface area contributed by atoms with Gasteiger partial charge in [-0.25, -0.2) is 0 Å². The molecule has 1 N–H and O–H groups in total. The average molecular weight is 343 g/mol. The first-order valence-electron chi connectivity index (χ1n) is 6.27. The van der Waals surface area contributed by atoms with Crippen LogP contribution in [0.2, 0.25) is 5.02 Å². The van der Waals surface area contributed by atoms with Gasteiger partial charge in [-0.15, -0.1) is 0 Å². The highest BCUT2D eigenvalue weighted by Gasteiger charge is 2.19. The normalized spacial score (nSPS) is 12.6. The van der Waals surface area contributed by atoms with Crippen molar-refractivity contribution in [3.05, 3.63) is 51.2 Å². The Morgan fingerprint density at radius 3 is 2.74 bits per heavy atom. The fourth-order valence-corrected chi connectivity index (χ4v) is 3.05. The van der Waals surface area contributed by atoms with Crippen molar-refractivity contribution in [2.24, 2.45) is 7.05 Å². The summed E-state index contributed by atoms with van der Waals surface area (Å²) >= 11 is 9.81. The predicted octanol–water partition coefficient (Wildman–Crippen LogP) is 3.73. The molecule has 0 bridgehead atoms. The number of aromatic nitrogens is 2. The molecule has 0 saturated heterocycles. The van der Waals surface area contributed by atoms with Crippen LogP contribution in [0, 0.1) is 0 Å². The Kier molecular flexibility index (Phi) is 5.02. The van der Waals surface area contributed by atoms with Gasteiger partial charge in [-0.3, -0.25) is 4.68 Å². The largest absolute Gasteiger partial charge is 0.309 e. The SMILES string of the molecule is CCNC(Cc1ccccc1Cl)c1c(Br)cnn1C. The van der Waals surface area contributed by atoms with Gasteiger partial charge in [0.25, 0.3) is 0 Å². The van der Waals surface area contributed by atoms with Crippen LogP contribution >= 0.6 is 27.5 Å². The Bertz CT molecular complexity index is 534. The van der Waals surface area contributed by atoms with Crippen molar-refractivity contribution >= 4 is 27.5 Å². The van der Waals surface area contributed by atoms with Crippen molar-refractivity contribution in [2.45, 2.75) is 19.4 Å². The first-order chi connectivity index (χ1) is 9.13. The summed E-state index contributed by atoms with van der Waals surface area (Å²) in [5, 5.41) is 8.58. The maximum Gasteiger partial charge on any atom is 0.0695 e. The summed E-state index contributed by atoms with van der Waals surface area (Å²) in [7, 11) is 1.96. The number of aryl methyl sites for hydroxylation is 1. The lowest BCUT2D eigenvalue weighted by molar-refractivity contribution is 0.506. The summed E-state index contributed by atoms with van der Waals surface area (Å²) in [6.45, 7) is 3.00. The van der Waals surface area contributed by atoms with Crippen LogP contribution in [0.4, 0.5) is 0 Å². The molecule has 0 amide bonds. The molecule has 102 valence electrons. The van der Waals surface area contributed by atoms with Crippen LogP contribution in [0.3, 0.4) is 0 Å². The second-order valence-electron chi connectivity index (χ2n) is 4.41. The lowest BCUT2D eigenvalue weighted by Crippen LogP contribution is -2.25. The molecule has 0 saturated carbocycles.